The number of nitrogens with zero attached hydrogens (tertiary/aromatic N) is 2. The molecule has 1 heterocycles. The number of methoxy groups -OCH3 is 1. The lowest BCUT2D eigenvalue weighted by molar-refractivity contribution is -0.0115. The Balaban J connectivity index is 1.61. The van der Waals surface area contributed by atoms with Crippen LogP contribution in [0.3, 0.4) is 0 Å². The number of hydrogen-bond acceptors (Lipinski definition) is 8. The predicted octanol–water partition coefficient (Wildman–Crippen LogP) is 6.11. The Morgan fingerprint density at radius 1 is 1.08 bits per heavy atom. The maximum Gasteiger partial charge on any atom is 0.321 e. The number of aliphatic hydroxyl groups excluding tert-OH is 1. The second-order valence-corrected chi connectivity index (χ2v) is 14.7. The Bertz CT molecular complexity index is 1690. The van der Waals surface area contributed by atoms with E-state index in [1.165, 1.54) is 35.2 Å². The first-order chi connectivity index (χ1) is 23.8. The lowest BCUT2D eigenvalue weighted by atomic mass is 10.0. The molecule has 0 spiro atoms. The minimum Gasteiger partial charge on any atom is -0.497 e. The number of nitrogens with one attached hydrogen (secondary N) is 2. The van der Waals surface area contributed by atoms with E-state index in [0.29, 0.717) is 35.2 Å². The summed E-state index contributed by atoms with van der Waals surface area (Å²) in [5.74, 6) is 0.254. The van der Waals surface area contributed by atoms with Crippen LogP contribution in [0.2, 0.25) is 5.02 Å². The molecule has 3 amide bonds. The smallest absolute Gasteiger partial charge is 0.321 e. The summed E-state index contributed by atoms with van der Waals surface area (Å²) >= 11 is 5.95. The number of halogens is 1. The molecule has 4 rings (SSSR count). The zero-order valence-electron chi connectivity index (χ0n) is 29.1. The third kappa shape index (κ3) is 10.5. The molecule has 14 heteroatoms. The van der Waals surface area contributed by atoms with Crippen molar-refractivity contribution >= 4 is 44.9 Å². The lowest BCUT2D eigenvalue weighted by Crippen LogP contribution is -2.48. The molecule has 0 saturated heterocycles. The van der Waals surface area contributed by atoms with Crippen molar-refractivity contribution in [2.75, 3.05) is 50.5 Å². The van der Waals surface area contributed by atoms with Gasteiger partial charge in [0.25, 0.3) is 15.9 Å². The predicted molar refractivity (Wildman–Crippen MR) is 194 cm³/mol. The van der Waals surface area contributed by atoms with Gasteiger partial charge >= 0.3 is 6.03 Å². The van der Waals surface area contributed by atoms with Crippen molar-refractivity contribution in [1.82, 2.24) is 9.80 Å². The van der Waals surface area contributed by atoms with E-state index in [4.69, 9.17) is 25.8 Å². The summed E-state index contributed by atoms with van der Waals surface area (Å²) in [5.41, 5.74) is 0.923. The fraction of sp³-hybridized carbons (Fsp3) is 0.444. The fourth-order valence-electron chi connectivity index (χ4n) is 5.52. The van der Waals surface area contributed by atoms with Gasteiger partial charge in [0.15, 0.2) is 0 Å². The average molecular weight is 731 g/mol. The highest BCUT2D eigenvalue weighted by molar-refractivity contribution is 7.92. The van der Waals surface area contributed by atoms with Gasteiger partial charge in [-0.3, -0.25) is 9.52 Å². The molecule has 1 aliphatic heterocycles. The van der Waals surface area contributed by atoms with Crippen LogP contribution in [-0.4, -0.2) is 94.0 Å². The van der Waals surface area contributed by atoms with Crippen molar-refractivity contribution in [2.24, 2.45) is 5.92 Å². The van der Waals surface area contributed by atoms with Gasteiger partial charge < -0.3 is 34.4 Å². The van der Waals surface area contributed by atoms with Crippen LogP contribution in [0.1, 0.15) is 50.4 Å². The van der Waals surface area contributed by atoms with Gasteiger partial charge in [-0.25, -0.2) is 13.2 Å². The molecule has 0 saturated carbocycles. The molecule has 0 unspecified atom stereocenters. The van der Waals surface area contributed by atoms with Gasteiger partial charge in [-0.05, 0) is 99.8 Å². The van der Waals surface area contributed by atoms with Gasteiger partial charge in [-0.1, -0.05) is 18.5 Å². The number of carbonyl (C=O) groups excluding carboxylic acids is 2. The summed E-state index contributed by atoms with van der Waals surface area (Å²) in [4.78, 5) is 30.6. The summed E-state index contributed by atoms with van der Waals surface area (Å²) in [5, 5.41) is 13.5. The van der Waals surface area contributed by atoms with Crippen LogP contribution in [0.25, 0.3) is 0 Å². The third-order valence-electron chi connectivity index (χ3n) is 8.57. The quantitative estimate of drug-likeness (QED) is 0.239. The number of ether oxygens (including phenoxy) is 3. The van der Waals surface area contributed by atoms with Crippen molar-refractivity contribution in [2.45, 2.75) is 63.2 Å². The van der Waals surface area contributed by atoms with Crippen molar-refractivity contribution in [3.05, 3.63) is 77.3 Å². The van der Waals surface area contributed by atoms with Gasteiger partial charge in [0.1, 0.15) is 11.5 Å². The Kier molecular flexibility index (Phi) is 13.8. The average Bonchev–Trinajstić information content (AvgIpc) is 3.09. The lowest BCUT2D eigenvalue weighted by Gasteiger charge is -2.35. The van der Waals surface area contributed by atoms with Gasteiger partial charge in [0, 0.05) is 49.1 Å². The van der Waals surface area contributed by atoms with Gasteiger partial charge in [-0.15, -0.1) is 0 Å². The van der Waals surface area contributed by atoms with Crippen LogP contribution in [0.15, 0.2) is 71.6 Å². The number of fused-ring (bicyclic) bond motifs is 1. The van der Waals surface area contributed by atoms with E-state index in [1.54, 1.807) is 62.4 Å². The highest BCUT2D eigenvalue weighted by atomic mass is 35.5. The van der Waals surface area contributed by atoms with E-state index in [9.17, 15) is 23.1 Å². The first-order valence-electron chi connectivity index (χ1n) is 16.6. The molecule has 3 aromatic rings. The number of hydrogen-bond donors (Lipinski definition) is 3. The van der Waals surface area contributed by atoms with Crippen LogP contribution < -0.4 is 19.5 Å². The monoisotopic (exact) mass is 730 g/mol. The van der Waals surface area contributed by atoms with E-state index in [1.807, 2.05) is 13.8 Å². The highest BCUT2D eigenvalue weighted by Gasteiger charge is 2.31. The number of benzene rings is 3. The summed E-state index contributed by atoms with van der Waals surface area (Å²) in [6.07, 6.45) is 1.53. The fourth-order valence-corrected chi connectivity index (χ4v) is 6.70. The van der Waals surface area contributed by atoms with Crippen LogP contribution in [0, 0.1) is 5.92 Å². The standard InChI is InChI=1S/C36H47ClN4O8S/c1-24-21-41(25(2)23-42)35(43)32-20-29(39-50(45,46)31-16-9-27(37)10-17-31)13-18-33(32)49-26(3)8-6-7-19-48-34(24)22-40(4)36(44)38-28-11-14-30(47-5)15-12-28/h9-18,20,24-26,34,39,42H,6-8,19,21-23H2,1-5H3,(H,38,44)/t24-,25-,26-,34+/m0/s1. The molecule has 0 aromatic heterocycles. The molecule has 0 bridgehead atoms. The van der Waals surface area contributed by atoms with Crippen LogP contribution in [0.5, 0.6) is 11.5 Å². The van der Waals surface area contributed by atoms with Gasteiger partial charge in [0.05, 0.1) is 42.4 Å². The molecular formula is C36H47ClN4O8S. The van der Waals surface area contributed by atoms with E-state index in [2.05, 4.69) is 10.0 Å². The number of sulfonamides is 1. The highest BCUT2D eigenvalue weighted by Crippen LogP contribution is 2.30. The molecule has 272 valence electrons. The number of amides is 3. The number of rotatable bonds is 9. The zero-order valence-corrected chi connectivity index (χ0v) is 30.7. The zero-order chi connectivity index (χ0) is 36.4. The second-order valence-electron chi connectivity index (χ2n) is 12.6. The van der Waals surface area contributed by atoms with Crippen LogP contribution >= 0.6 is 11.6 Å². The Hall–Kier alpha value is -4.04. The molecule has 0 radical (unpaired) electrons. The summed E-state index contributed by atoms with van der Waals surface area (Å²) in [6.45, 7) is 6.13. The molecule has 3 aromatic carbocycles. The SMILES string of the molecule is COc1ccc(NC(=O)N(C)C[C@H]2OCCCC[C@H](C)Oc3ccc(NS(=O)(=O)c4ccc(Cl)cc4)cc3C(=O)N([C@@H](C)CO)C[C@@H]2C)cc1. The first kappa shape index (κ1) is 38.8. The molecule has 1 aliphatic rings. The maximum atomic E-state index is 14.4. The number of aliphatic hydroxyl groups is 1. The Labute approximate surface area is 299 Å². The maximum absolute atomic E-state index is 14.4. The minimum absolute atomic E-state index is 0.0104. The number of likely N-dealkylation sites (N-methyl/N-ethyl adjacent to an activating group) is 1. The number of carbonyl (C=O) groups is 2. The summed E-state index contributed by atoms with van der Waals surface area (Å²) < 4.78 is 46.7. The summed E-state index contributed by atoms with van der Waals surface area (Å²) in [7, 11) is -0.745. The second kappa shape index (κ2) is 17.8. The van der Waals surface area contributed by atoms with E-state index < -0.39 is 28.1 Å². The van der Waals surface area contributed by atoms with Crippen molar-refractivity contribution in [3.8, 4) is 11.5 Å². The minimum atomic E-state index is -4.00. The van der Waals surface area contributed by atoms with Crippen molar-refractivity contribution in [1.29, 1.82) is 0 Å². The summed E-state index contributed by atoms with van der Waals surface area (Å²) in [6, 6.07) is 16.4. The molecule has 50 heavy (non-hydrogen) atoms. The van der Waals surface area contributed by atoms with Crippen molar-refractivity contribution in [3.63, 3.8) is 0 Å². The Morgan fingerprint density at radius 3 is 2.42 bits per heavy atom. The topological polar surface area (TPSA) is 147 Å². The molecule has 3 N–H and O–H groups in total. The Morgan fingerprint density at radius 2 is 1.76 bits per heavy atom. The van der Waals surface area contributed by atoms with E-state index >= 15 is 0 Å². The molecule has 0 fully saturated rings. The van der Waals surface area contributed by atoms with Gasteiger partial charge in [0.2, 0.25) is 0 Å². The molecule has 12 nitrogen and oxygen atoms in total. The molecule has 0 aliphatic carbocycles. The largest absolute Gasteiger partial charge is 0.497 e. The number of urea groups is 1. The normalized spacial score (nSPS) is 19.7. The third-order valence-corrected chi connectivity index (χ3v) is 10.2. The van der Waals surface area contributed by atoms with Crippen LogP contribution in [-0.2, 0) is 14.8 Å². The number of anilines is 2. The van der Waals surface area contributed by atoms with E-state index in [-0.39, 0.29) is 53.9 Å². The first-order valence-corrected chi connectivity index (χ1v) is 18.5. The van der Waals surface area contributed by atoms with Crippen LogP contribution in [0.4, 0.5) is 16.2 Å². The molecular weight excluding hydrogens is 684 g/mol. The van der Waals surface area contributed by atoms with E-state index in [0.717, 1.165) is 12.8 Å². The molecule has 4 atom stereocenters. The van der Waals surface area contributed by atoms with Gasteiger partial charge in [-0.2, -0.15) is 0 Å². The van der Waals surface area contributed by atoms with Crippen molar-refractivity contribution < 1.29 is 37.3 Å².